The first-order valence-electron chi connectivity index (χ1n) is 3.76. The van der Waals surface area contributed by atoms with Crippen molar-refractivity contribution in [3.8, 4) is 0 Å². The lowest BCUT2D eigenvalue weighted by Gasteiger charge is -2.02. The Bertz CT molecular complexity index is 356. The van der Waals surface area contributed by atoms with Gasteiger partial charge in [0.05, 0.1) is 0 Å². The van der Waals surface area contributed by atoms with Gasteiger partial charge < -0.3 is 0 Å². The van der Waals surface area contributed by atoms with E-state index in [9.17, 15) is 4.79 Å². The zero-order valence-corrected chi connectivity index (χ0v) is 8.56. The van der Waals surface area contributed by atoms with Crippen LogP contribution in [0.2, 0.25) is 10.0 Å². The average Bonchev–Trinajstić information content (AvgIpc) is 2.10. The molecule has 3 heteroatoms. The number of carbonyl (C=O) groups excluding carboxylic acids is 1. The van der Waals surface area contributed by atoms with Gasteiger partial charge in [-0.15, -0.1) is 0 Å². The normalized spacial score (nSPS) is 11.5. The van der Waals surface area contributed by atoms with Crippen LogP contribution in [0, 0.1) is 0 Å². The summed E-state index contributed by atoms with van der Waals surface area (Å²) in [4.78, 5) is 10.6. The molecule has 0 saturated carbocycles. The van der Waals surface area contributed by atoms with Crippen LogP contribution in [-0.4, -0.2) is 6.29 Å². The molecule has 68 valence electrons. The van der Waals surface area contributed by atoms with E-state index in [-0.39, 0.29) is 0 Å². The van der Waals surface area contributed by atoms with Crippen LogP contribution < -0.4 is 0 Å². The van der Waals surface area contributed by atoms with E-state index in [4.69, 9.17) is 23.2 Å². The van der Waals surface area contributed by atoms with Crippen molar-refractivity contribution >= 4 is 35.1 Å². The number of hydrogen-bond acceptors (Lipinski definition) is 1. The van der Waals surface area contributed by atoms with Gasteiger partial charge in [-0.1, -0.05) is 35.3 Å². The molecule has 0 heterocycles. The molecular weight excluding hydrogens is 207 g/mol. The fourth-order valence-corrected chi connectivity index (χ4v) is 1.53. The zero-order chi connectivity index (χ0) is 9.84. The van der Waals surface area contributed by atoms with Crippen molar-refractivity contribution in [2.75, 3.05) is 0 Å². The predicted octanol–water partition coefficient (Wildman–Crippen LogP) is 3.60. The maximum absolute atomic E-state index is 10.6. The van der Waals surface area contributed by atoms with Crippen molar-refractivity contribution in [3.05, 3.63) is 39.9 Å². The number of halogens is 2. The monoisotopic (exact) mass is 214 g/mol. The van der Waals surface area contributed by atoms with Gasteiger partial charge >= 0.3 is 0 Å². The first-order valence-corrected chi connectivity index (χ1v) is 4.51. The molecule has 1 aromatic carbocycles. The summed E-state index contributed by atoms with van der Waals surface area (Å²) in [5.74, 6) is 0. The number of carbonyl (C=O) groups is 1. The van der Waals surface area contributed by atoms with Crippen molar-refractivity contribution in [2.45, 2.75) is 6.92 Å². The van der Waals surface area contributed by atoms with Crippen LogP contribution in [0.4, 0.5) is 0 Å². The molecule has 0 saturated heterocycles. The fourth-order valence-electron chi connectivity index (χ4n) is 1.01. The molecule has 13 heavy (non-hydrogen) atoms. The molecule has 0 aromatic heterocycles. The molecule has 0 aliphatic carbocycles. The van der Waals surface area contributed by atoms with E-state index < -0.39 is 0 Å². The Labute approximate surface area is 87.0 Å². The molecule has 0 fully saturated rings. The lowest BCUT2D eigenvalue weighted by molar-refractivity contribution is -0.103. The van der Waals surface area contributed by atoms with Crippen molar-refractivity contribution in [1.82, 2.24) is 0 Å². The number of benzene rings is 1. The molecule has 0 aliphatic rings. The van der Waals surface area contributed by atoms with Crippen molar-refractivity contribution in [1.29, 1.82) is 0 Å². The largest absolute Gasteiger partial charge is 0.298 e. The summed E-state index contributed by atoms with van der Waals surface area (Å²) in [6.07, 6.45) is 2.48. The fraction of sp³-hybridized carbons (Fsp3) is 0.100. The van der Waals surface area contributed by atoms with Crippen molar-refractivity contribution in [3.63, 3.8) is 0 Å². The Hall–Kier alpha value is -0.790. The number of aldehydes is 1. The van der Waals surface area contributed by atoms with Crippen LogP contribution in [-0.2, 0) is 4.79 Å². The number of hydrogen-bond donors (Lipinski definition) is 0. The lowest BCUT2D eigenvalue weighted by atomic mass is 10.1. The van der Waals surface area contributed by atoms with Gasteiger partial charge in [0.2, 0.25) is 0 Å². The Kier molecular flexibility index (Phi) is 3.52. The van der Waals surface area contributed by atoms with Gasteiger partial charge in [0.25, 0.3) is 0 Å². The summed E-state index contributed by atoms with van der Waals surface area (Å²) in [7, 11) is 0. The van der Waals surface area contributed by atoms with Crippen LogP contribution in [0.5, 0.6) is 0 Å². The minimum atomic E-state index is 0.493. The van der Waals surface area contributed by atoms with Crippen molar-refractivity contribution in [2.24, 2.45) is 0 Å². The highest BCUT2D eigenvalue weighted by molar-refractivity contribution is 6.36. The maximum Gasteiger partial charge on any atom is 0.150 e. The van der Waals surface area contributed by atoms with E-state index in [0.29, 0.717) is 21.2 Å². The minimum Gasteiger partial charge on any atom is -0.298 e. The number of allylic oxidation sites excluding steroid dienone is 2. The molecule has 1 nitrogen and oxygen atoms in total. The van der Waals surface area contributed by atoms with E-state index in [2.05, 4.69) is 0 Å². The van der Waals surface area contributed by atoms with Crippen LogP contribution in [0.3, 0.4) is 0 Å². The van der Waals surface area contributed by atoms with Gasteiger partial charge in [-0.3, -0.25) is 4.79 Å². The summed E-state index contributed by atoms with van der Waals surface area (Å²) in [5, 5.41) is 1.06. The summed E-state index contributed by atoms with van der Waals surface area (Å²) in [5.41, 5.74) is 1.28. The van der Waals surface area contributed by atoms with E-state index in [1.807, 2.05) is 0 Å². The van der Waals surface area contributed by atoms with Gasteiger partial charge in [-0.25, -0.2) is 0 Å². The highest BCUT2D eigenvalue weighted by Gasteiger charge is 2.04. The predicted molar refractivity (Wildman–Crippen MR) is 56.2 cm³/mol. The Morgan fingerprint density at radius 3 is 2.54 bits per heavy atom. The summed E-state index contributed by atoms with van der Waals surface area (Å²) in [6, 6.07) is 5.05. The Balaban J connectivity index is 3.22. The molecule has 0 aliphatic heterocycles. The second-order valence-electron chi connectivity index (χ2n) is 2.49. The molecule has 0 bridgehead atoms. The minimum absolute atomic E-state index is 0.493. The van der Waals surface area contributed by atoms with Gasteiger partial charge in [0, 0.05) is 21.2 Å². The topological polar surface area (TPSA) is 17.1 Å². The molecule has 0 amide bonds. The summed E-state index contributed by atoms with van der Waals surface area (Å²) >= 11 is 11.6. The third kappa shape index (κ3) is 2.33. The second-order valence-corrected chi connectivity index (χ2v) is 3.33. The molecule has 1 rings (SSSR count). The molecule has 0 unspecified atom stereocenters. The van der Waals surface area contributed by atoms with Gasteiger partial charge in [0.1, 0.15) is 6.29 Å². The third-order valence-electron chi connectivity index (χ3n) is 1.68. The van der Waals surface area contributed by atoms with E-state index in [0.717, 1.165) is 6.29 Å². The Morgan fingerprint density at radius 2 is 2.08 bits per heavy atom. The SMILES string of the molecule is C/C=C(/C=O)c1ccc(Cl)cc1Cl. The second kappa shape index (κ2) is 4.45. The first kappa shape index (κ1) is 10.3. The molecule has 0 radical (unpaired) electrons. The van der Waals surface area contributed by atoms with E-state index in [1.54, 1.807) is 31.2 Å². The smallest absolute Gasteiger partial charge is 0.150 e. The molecule has 1 aromatic rings. The quantitative estimate of drug-likeness (QED) is 0.544. The first-order chi connectivity index (χ1) is 6.19. The third-order valence-corrected chi connectivity index (χ3v) is 2.23. The van der Waals surface area contributed by atoms with E-state index in [1.165, 1.54) is 0 Å². The summed E-state index contributed by atoms with van der Waals surface area (Å²) < 4.78 is 0. The standard InChI is InChI=1S/C10H8Cl2O/c1-2-7(6-13)9-4-3-8(11)5-10(9)12/h2-6H,1H3/b7-2-. The zero-order valence-electron chi connectivity index (χ0n) is 7.05. The van der Waals surface area contributed by atoms with Crippen LogP contribution in [0.1, 0.15) is 12.5 Å². The molecule has 0 spiro atoms. The number of rotatable bonds is 2. The highest BCUT2D eigenvalue weighted by atomic mass is 35.5. The van der Waals surface area contributed by atoms with Crippen LogP contribution >= 0.6 is 23.2 Å². The molecule has 0 atom stereocenters. The highest BCUT2D eigenvalue weighted by Crippen LogP contribution is 2.25. The lowest BCUT2D eigenvalue weighted by Crippen LogP contribution is -1.86. The van der Waals surface area contributed by atoms with Gasteiger partial charge in [0.15, 0.2) is 0 Å². The molecular formula is C10H8Cl2O. The van der Waals surface area contributed by atoms with Crippen molar-refractivity contribution < 1.29 is 4.79 Å². The van der Waals surface area contributed by atoms with E-state index >= 15 is 0 Å². The van der Waals surface area contributed by atoms with Gasteiger partial charge in [-0.05, 0) is 19.1 Å². The summed E-state index contributed by atoms with van der Waals surface area (Å²) in [6.45, 7) is 1.79. The maximum atomic E-state index is 10.6. The van der Waals surface area contributed by atoms with Gasteiger partial charge in [-0.2, -0.15) is 0 Å². The molecule has 0 N–H and O–H groups in total. The van der Waals surface area contributed by atoms with Crippen LogP contribution in [0.15, 0.2) is 24.3 Å². The van der Waals surface area contributed by atoms with Crippen LogP contribution in [0.25, 0.3) is 5.57 Å². The average molecular weight is 215 g/mol. The Morgan fingerprint density at radius 1 is 1.38 bits per heavy atom.